The topological polar surface area (TPSA) is 21.3 Å². The molecule has 0 N–H and O–H groups in total. The highest BCUT2D eigenvalue weighted by Gasteiger charge is 2.46. The first-order valence-corrected chi connectivity index (χ1v) is 18.1. The molecule has 1 aliphatic carbocycles. The van der Waals surface area contributed by atoms with Crippen LogP contribution in [-0.4, -0.2) is 10.1 Å². The van der Waals surface area contributed by atoms with Crippen molar-refractivity contribution >= 4 is 55.1 Å². The van der Waals surface area contributed by atoms with Gasteiger partial charge in [-0.2, -0.15) is 0 Å². The average Bonchev–Trinajstić information content (AvgIpc) is 3.82. The fourth-order valence-electron chi connectivity index (χ4n) is 8.96. The number of para-hydroxylation sites is 3. The van der Waals surface area contributed by atoms with Gasteiger partial charge in [0.05, 0.1) is 16.6 Å². The SMILES string of the molecule is CC12C=CC=CC1c1cc(-c3ccc4oc5ccc(-c6cccc(-n7c8ccccc8c8ccccc87)c6)cc5c4c3)ccc1N2c1ccccc1. The van der Waals surface area contributed by atoms with Gasteiger partial charge in [-0.1, -0.05) is 109 Å². The molecule has 9 aromatic rings. The van der Waals surface area contributed by atoms with Crippen LogP contribution in [0, 0.1) is 0 Å². The van der Waals surface area contributed by atoms with E-state index in [1.807, 2.05) is 0 Å². The molecule has 0 fully saturated rings. The maximum atomic E-state index is 6.41. The van der Waals surface area contributed by atoms with Crippen molar-refractivity contribution in [3.05, 3.63) is 188 Å². The van der Waals surface area contributed by atoms with Crippen LogP contribution in [0.25, 0.3) is 71.7 Å². The number of furan rings is 1. The summed E-state index contributed by atoms with van der Waals surface area (Å²) in [6, 6.07) is 57.2. The molecule has 3 heterocycles. The van der Waals surface area contributed by atoms with E-state index in [0.717, 1.165) is 33.2 Å². The van der Waals surface area contributed by atoms with Gasteiger partial charge in [-0.15, -0.1) is 0 Å². The van der Waals surface area contributed by atoms with E-state index in [-0.39, 0.29) is 11.5 Å². The molecule has 52 heavy (non-hydrogen) atoms. The molecule has 2 atom stereocenters. The molecule has 246 valence electrons. The Labute approximate surface area is 302 Å². The lowest BCUT2D eigenvalue weighted by atomic mass is 9.80. The molecular formula is C49H34N2O. The minimum atomic E-state index is -0.170. The van der Waals surface area contributed by atoms with Crippen LogP contribution < -0.4 is 4.90 Å². The zero-order valence-corrected chi connectivity index (χ0v) is 28.7. The van der Waals surface area contributed by atoms with Gasteiger partial charge in [0.25, 0.3) is 0 Å². The summed E-state index contributed by atoms with van der Waals surface area (Å²) < 4.78 is 8.79. The Balaban J connectivity index is 1.01. The van der Waals surface area contributed by atoms with E-state index in [0.29, 0.717) is 0 Å². The maximum Gasteiger partial charge on any atom is 0.135 e. The summed E-state index contributed by atoms with van der Waals surface area (Å²) in [4.78, 5) is 2.50. The normalized spacial score (nSPS) is 17.8. The molecule has 2 unspecified atom stereocenters. The zero-order chi connectivity index (χ0) is 34.4. The number of allylic oxidation sites excluding steroid dienone is 2. The number of fused-ring (bicyclic) bond motifs is 9. The highest BCUT2D eigenvalue weighted by molar-refractivity contribution is 6.10. The van der Waals surface area contributed by atoms with Crippen LogP contribution in [-0.2, 0) is 0 Å². The van der Waals surface area contributed by atoms with Gasteiger partial charge in [0.2, 0.25) is 0 Å². The number of anilines is 2. The Morgan fingerprint density at radius 2 is 1.10 bits per heavy atom. The summed E-state index contributed by atoms with van der Waals surface area (Å²) in [5.41, 5.74) is 13.8. The third-order valence-corrected chi connectivity index (χ3v) is 11.4. The monoisotopic (exact) mass is 666 g/mol. The first-order valence-electron chi connectivity index (χ1n) is 18.1. The van der Waals surface area contributed by atoms with E-state index < -0.39 is 0 Å². The fourth-order valence-corrected chi connectivity index (χ4v) is 8.96. The van der Waals surface area contributed by atoms with Crippen molar-refractivity contribution in [1.82, 2.24) is 4.57 Å². The number of hydrogen-bond donors (Lipinski definition) is 0. The molecular weight excluding hydrogens is 633 g/mol. The number of rotatable bonds is 4. The number of nitrogens with zero attached hydrogens (tertiary/aromatic N) is 2. The third-order valence-electron chi connectivity index (χ3n) is 11.4. The standard InChI is InChI=1S/C49H34N2O/c1-49-27-10-9-18-43(49)42-31-33(21-24-46(42)51(49)36-13-3-2-4-14-36)35-23-26-48-41(30-35)40-29-34(22-25-47(40)52-48)32-12-11-15-37(28-32)50-44-19-7-5-16-38(44)39-17-6-8-20-45(39)50/h2-31,43H,1H3. The minimum Gasteiger partial charge on any atom is -0.456 e. The van der Waals surface area contributed by atoms with E-state index >= 15 is 0 Å². The van der Waals surface area contributed by atoms with Crippen molar-refractivity contribution in [3.63, 3.8) is 0 Å². The average molecular weight is 667 g/mol. The second-order valence-corrected chi connectivity index (χ2v) is 14.3. The number of aromatic nitrogens is 1. The van der Waals surface area contributed by atoms with Crippen molar-refractivity contribution in [2.24, 2.45) is 0 Å². The molecule has 0 spiro atoms. The predicted molar refractivity (Wildman–Crippen MR) is 217 cm³/mol. The quantitative estimate of drug-likeness (QED) is 0.186. The van der Waals surface area contributed by atoms with Crippen LogP contribution in [0.5, 0.6) is 0 Å². The summed E-state index contributed by atoms with van der Waals surface area (Å²) in [5, 5.41) is 4.79. The Hall–Kier alpha value is -6.58. The molecule has 2 aromatic heterocycles. The zero-order valence-electron chi connectivity index (χ0n) is 28.7. The Morgan fingerprint density at radius 1 is 0.500 bits per heavy atom. The summed E-state index contributed by atoms with van der Waals surface area (Å²) in [6.07, 6.45) is 9.09. The lowest BCUT2D eigenvalue weighted by molar-refractivity contribution is 0.542. The highest BCUT2D eigenvalue weighted by Crippen LogP contribution is 2.54. The van der Waals surface area contributed by atoms with Crippen LogP contribution in [0.15, 0.2) is 186 Å². The lowest BCUT2D eigenvalue weighted by Crippen LogP contribution is -2.41. The Morgan fingerprint density at radius 3 is 1.81 bits per heavy atom. The molecule has 2 aliphatic rings. The van der Waals surface area contributed by atoms with Crippen molar-refractivity contribution in [2.75, 3.05) is 4.90 Å². The Kier molecular flexibility index (Phi) is 6.15. The fraction of sp³-hybridized carbons (Fsp3) is 0.0612. The molecule has 0 bridgehead atoms. The van der Waals surface area contributed by atoms with Gasteiger partial charge >= 0.3 is 0 Å². The summed E-state index contributed by atoms with van der Waals surface area (Å²) >= 11 is 0. The van der Waals surface area contributed by atoms with Gasteiger partial charge in [0.1, 0.15) is 11.2 Å². The van der Waals surface area contributed by atoms with Crippen LogP contribution in [0.1, 0.15) is 18.4 Å². The molecule has 3 nitrogen and oxygen atoms in total. The molecule has 0 radical (unpaired) electrons. The number of benzene rings is 7. The minimum absolute atomic E-state index is 0.170. The van der Waals surface area contributed by atoms with Gasteiger partial charge in [-0.05, 0) is 108 Å². The smallest absolute Gasteiger partial charge is 0.135 e. The molecule has 11 rings (SSSR count). The molecule has 7 aromatic carbocycles. The predicted octanol–water partition coefficient (Wildman–Crippen LogP) is 13.1. The van der Waals surface area contributed by atoms with Gasteiger partial charge in [0, 0.05) is 44.5 Å². The second-order valence-electron chi connectivity index (χ2n) is 14.3. The van der Waals surface area contributed by atoms with Crippen molar-refractivity contribution in [3.8, 4) is 27.9 Å². The first kappa shape index (κ1) is 29.2. The first-order chi connectivity index (χ1) is 25.6. The maximum absolute atomic E-state index is 6.41. The van der Waals surface area contributed by atoms with Crippen LogP contribution in [0.3, 0.4) is 0 Å². The number of hydrogen-bond acceptors (Lipinski definition) is 2. The van der Waals surface area contributed by atoms with E-state index in [1.54, 1.807) is 0 Å². The largest absolute Gasteiger partial charge is 0.456 e. The summed E-state index contributed by atoms with van der Waals surface area (Å²) in [6.45, 7) is 2.35. The van der Waals surface area contributed by atoms with Gasteiger partial charge in [-0.25, -0.2) is 0 Å². The van der Waals surface area contributed by atoms with E-state index in [9.17, 15) is 0 Å². The van der Waals surface area contributed by atoms with E-state index in [2.05, 4.69) is 198 Å². The van der Waals surface area contributed by atoms with Crippen molar-refractivity contribution in [2.45, 2.75) is 18.4 Å². The van der Waals surface area contributed by atoms with Crippen molar-refractivity contribution < 1.29 is 4.42 Å². The van der Waals surface area contributed by atoms with Crippen LogP contribution in [0.4, 0.5) is 11.4 Å². The van der Waals surface area contributed by atoms with Gasteiger partial charge in [-0.3, -0.25) is 0 Å². The van der Waals surface area contributed by atoms with Crippen LogP contribution in [0.2, 0.25) is 0 Å². The molecule has 0 saturated heterocycles. The van der Waals surface area contributed by atoms with E-state index in [1.165, 1.54) is 55.4 Å². The molecule has 3 heteroatoms. The molecule has 0 amide bonds. The lowest BCUT2D eigenvalue weighted by Gasteiger charge is -2.39. The molecule has 0 saturated carbocycles. The second kappa shape index (κ2) is 11.0. The van der Waals surface area contributed by atoms with Gasteiger partial charge in [0.15, 0.2) is 0 Å². The van der Waals surface area contributed by atoms with Crippen LogP contribution >= 0.6 is 0 Å². The summed E-state index contributed by atoms with van der Waals surface area (Å²) in [5.74, 6) is 0.256. The van der Waals surface area contributed by atoms with Gasteiger partial charge < -0.3 is 13.9 Å². The Bertz CT molecular complexity index is 2890. The van der Waals surface area contributed by atoms with E-state index in [4.69, 9.17) is 4.42 Å². The van der Waals surface area contributed by atoms with Crippen molar-refractivity contribution in [1.29, 1.82) is 0 Å². The third kappa shape index (κ3) is 4.20. The highest BCUT2D eigenvalue weighted by atomic mass is 16.3. The summed E-state index contributed by atoms with van der Waals surface area (Å²) in [7, 11) is 0. The molecule has 1 aliphatic heterocycles.